The topological polar surface area (TPSA) is 180 Å². The number of nitrogens with two attached hydrogens (primary N) is 1. The molecule has 0 saturated heterocycles. The van der Waals surface area contributed by atoms with Crippen LogP contribution in [0.2, 0.25) is 0 Å². The molecule has 5 N–H and O–H groups in total. The maximum Gasteiger partial charge on any atom is 0.411 e. The van der Waals surface area contributed by atoms with Gasteiger partial charge in [-0.05, 0) is 84.0 Å². The number of nitrogen functional groups attached to an aromatic ring is 1. The first-order valence-corrected chi connectivity index (χ1v) is 17.9. The standard InChI is InChI=1S/C37H39N7O4S.C2H4O2/c1-5-44(20-32-39-14-15-49-32)35(45)31-11-8-28-18-26(31)19-43(4)36(46)33(41-27-7-10-30-24(17-27)12-13-40-34(30)38)25-6-9-29(22(2)16-25)23(3)21-48-37(47)42-28;1-2(3)4/h6-18,23,33,41H,5,19-21H2,1-4H3,(H2,38,40)(H,42,47);1H3,(H,3,4)/t23-,33+;/m0./s1. The molecule has 4 bridgehead atoms. The molecule has 4 heterocycles. The number of carboxylic acids is 1. The second kappa shape index (κ2) is 17.0. The van der Waals surface area contributed by atoms with Crippen LogP contribution in [0.3, 0.4) is 0 Å². The van der Waals surface area contributed by atoms with Crippen molar-refractivity contribution in [1.82, 2.24) is 19.8 Å². The van der Waals surface area contributed by atoms with E-state index in [0.29, 0.717) is 35.7 Å². The van der Waals surface area contributed by atoms with Crippen molar-refractivity contribution < 1.29 is 29.0 Å². The number of benzene rings is 3. The number of amides is 3. The van der Waals surface area contributed by atoms with Crippen molar-refractivity contribution in [3.05, 3.63) is 111 Å². The summed E-state index contributed by atoms with van der Waals surface area (Å²) in [5.41, 5.74) is 11.1. The highest BCUT2D eigenvalue weighted by molar-refractivity contribution is 7.09. The van der Waals surface area contributed by atoms with Gasteiger partial charge in [-0.25, -0.2) is 14.8 Å². The molecule has 0 radical (unpaired) electrons. The molecule has 53 heavy (non-hydrogen) atoms. The number of fused-ring (bicyclic) bond motifs is 10. The molecule has 7 rings (SSSR count). The number of aryl methyl sites for hydroxylation is 1. The van der Waals surface area contributed by atoms with Crippen molar-refractivity contribution in [2.45, 2.75) is 52.7 Å². The Kier molecular flexibility index (Phi) is 12.3. The van der Waals surface area contributed by atoms with Crippen molar-refractivity contribution in [1.29, 1.82) is 0 Å². The van der Waals surface area contributed by atoms with E-state index in [1.54, 1.807) is 47.4 Å². The van der Waals surface area contributed by atoms with Gasteiger partial charge in [0, 0.05) is 73.1 Å². The van der Waals surface area contributed by atoms with E-state index in [2.05, 4.69) is 20.6 Å². The quantitative estimate of drug-likeness (QED) is 0.145. The van der Waals surface area contributed by atoms with Gasteiger partial charge in [0.05, 0.1) is 13.2 Å². The molecule has 3 aromatic carbocycles. The summed E-state index contributed by atoms with van der Waals surface area (Å²) in [5.74, 6) is -0.888. The van der Waals surface area contributed by atoms with Crippen LogP contribution in [0.1, 0.15) is 70.4 Å². The number of carboxylic acid groups (broad SMARTS) is 1. The second-order valence-corrected chi connectivity index (χ2v) is 13.8. The van der Waals surface area contributed by atoms with E-state index >= 15 is 0 Å². The van der Waals surface area contributed by atoms with Gasteiger partial charge in [-0.1, -0.05) is 25.1 Å². The van der Waals surface area contributed by atoms with Gasteiger partial charge in [0.25, 0.3) is 11.9 Å². The summed E-state index contributed by atoms with van der Waals surface area (Å²) in [7, 11) is 1.71. The molecule has 2 aliphatic rings. The van der Waals surface area contributed by atoms with Gasteiger partial charge >= 0.3 is 6.09 Å². The maximum atomic E-state index is 14.5. The molecular weight excluding hydrogens is 695 g/mol. The number of hydrogen-bond acceptors (Lipinski definition) is 10. The van der Waals surface area contributed by atoms with Crippen LogP contribution in [-0.4, -0.2) is 69.0 Å². The Labute approximate surface area is 311 Å². The summed E-state index contributed by atoms with van der Waals surface area (Å²) in [4.78, 5) is 62.2. The highest BCUT2D eigenvalue weighted by Crippen LogP contribution is 2.31. The third-order valence-electron chi connectivity index (χ3n) is 8.82. The fourth-order valence-corrected chi connectivity index (χ4v) is 6.81. The summed E-state index contributed by atoms with van der Waals surface area (Å²) < 4.78 is 5.61. The predicted molar refractivity (Wildman–Crippen MR) is 206 cm³/mol. The smallest absolute Gasteiger partial charge is 0.411 e. The number of rotatable bonds is 6. The number of carbonyl (C=O) groups excluding carboxylic acids is 3. The van der Waals surface area contributed by atoms with E-state index in [4.69, 9.17) is 20.4 Å². The van der Waals surface area contributed by atoms with E-state index in [0.717, 1.165) is 45.1 Å². The van der Waals surface area contributed by atoms with Crippen LogP contribution in [0.15, 0.2) is 78.4 Å². The lowest BCUT2D eigenvalue weighted by molar-refractivity contribution is -0.134. The van der Waals surface area contributed by atoms with Crippen LogP contribution in [0.25, 0.3) is 10.8 Å². The van der Waals surface area contributed by atoms with Gasteiger partial charge in [0.2, 0.25) is 5.91 Å². The molecule has 5 aromatic rings. The number of pyridine rings is 1. The normalized spacial score (nSPS) is 15.9. The molecule has 0 unspecified atom stereocenters. The van der Waals surface area contributed by atoms with E-state index in [9.17, 15) is 14.4 Å². The minimum absolute atomic E-state index is 0.0922. The monoisotopic (exact) mass is 737 g/mol. The summed E-state index contributed by atoms with van der Waals surface area (Å²) in [6.45, 7) is 8.07. The Morgan fingerprint density at radius 3 is 2.57 bits per heavy atom. The Hall–Kier alpha value is -6.02. The third-order valence-corrected chi connectivity index (χ3v) is 9.58. The number of nitrogens with one attached hydrogen (secondary N) is 2. The van der Waals surface area contributed by atoms with Crippen molar-refractivity contribution in [3.8, 4) is 0 Å². The Morgan fingerprint density at radius 1 is 1.09 bits per heavy atom. The van der Waals surface area contributed by atoms with Crippen LogP contribution in [0.4, 0.5) is 22.0 Å². The van der Waals surface area contributed by atoms with Gasteiger partial charge < -0.3 is 30.7 Å². The highest BCUT2D eigenvalue weighted by Gasteiger charge is 2.28. The fourth-order valence-electron chi connectivity index (χ4n) is 6.18. The Morgan fingerprint density at radius 2 is 1.87 bits per heavy atom. The average Bonchev–Trinajstić information content (AvgIpc) is 3.64. The van der Waals surface area contributed by atoms with Gasteiger partial charge in [-0.3, -0.25) is 19.7 Å². The first-order valence-electron chi connectivity index (χ1n) is 17.0. The molecule has 3 amide bonds. The number of thiazole rings is 1. The number of aromatic nitrogens is 2. The molecule has 0 saturated carbocycles. The van der Waals surface area contributed by atoms with Crippen LogP contribution in [-0.2, 0) is 27.4 Å². The molecule has 2 atom stereocenters. The summed E-state index contributed by atoms with van der Waals surface area (Å²) >= 11 is 1.48. The zero-order chi connectivity index (χ0) is 38.2. The van der Waals surface area contributed by atoms with Crippen molar-refractivity contribution >= 4 is 63.2 Å². The SMILES string of the molecule is CC(=O)O.CCN(Cc1nccs1)C(=O)c1ccc2cc1CN(C)C(=O)[C@H](Nc1ccc3c(N)nccc3c1)c1ccc(c(C)c1)[C@@H](C)COC(=O)N2. The van der Waals surface area contributed by atoms with Gasteiger partial charge in [0.15, 0.2) is 0 Å². The molecule has 0 aliphatic carbocycles. The van der Waals surface area contributed by atoms with Crippen molar-refractivity contribution in [3.63, 3.8) is 0 Å². The number of carbonyl (C=O) groups is 4. The molecule has 14 heteroatoms. The summed E-state index contributed by atoms with van der Waals surface area (Å²) in [6, 6.07) is 17.9. The second-order valence-electron chi connectivity index (χ2n) is 12.8. The third kappa shape index (κ3) is 9.46. The summed E-state index contributed by atoms with van der Waals surface area (Å²) in [5, 5.41) is 18.1. The molecule has 0 spiro atoms. The largest absolute Gasteiger partial charge is 0.481 e. The number of aliphatic carboxylic acids is 1. The lowest BCUT2D eigenvalue weighted by Crippen LogP contribution is -2.36. The van der Waals surface area contributed by atoms with Gasteiger partial charge in [-0.2, -0.15) is 0 Å². The first kappa shape index (κ1) is 38.2. The van der Waals surface area contributed by atoms with Gasteiger partial charge in [0.1, 0.15) is 16.9 Å². The van der Waals surface area contributed by atoms with Crippen LogP contribution < -0.4 is 16.4 Å². The van der Waals surface area contributed by atoms with E-state index in [1.807, 2.05) is 68.6 Å². The molecule has 2 aromatic heterocycles. The maximum absolute atomic E-state index is 14.5. The molecule has 2 aliphatic heterocycles. The average molecular weight is 738 g/mol. The van der Waals surface area contributed by atoms with Crippen LogP contribution in [0.5, 0.6) is 0 Å². The van der Waals surface area contributed by atoms with Crippen molar-refractivity contribution in [2.24, 2.45) is 0 Å². The lowest BCUT2D eigenvalue weighted by Gasteiger charge is -2.28. The number of hydrogen-bond donors (Lipinski definition) is 4. The minimum Gasteiger partial charge on any atom is -0.481 e. The highest BCUT2D eigenvalue weighted by atomic mass is 32.1. The number of likely N-dealkylation sites (N-methyl/N-ethyl adjacent to an activating group) is 1. The number of nitrogens with zero attached hydrogens (tertiary/aromatic N) is 4. The predicted octanol–water partition coefficient (Wildman–Crippen LogP) is 6.81. The fraction of sp³-hybridized carbons (Fsp3) is 0.282. The first-order chi connectivity index (χ1) is 25.3. The zero-order valence-electron chi connectivity index (χ0n) is 30.3. The lowest BCUT2D eigenvalue weighted by atomic mass is 9.92. The number of ether oxygens (including phenoxy) is 1. The van der Waals surface area contributed by atoms with Crippen LogP contribution in [0, 0.1) is 6.92 Å². The molecule has 13 nitrogen and oxygen atoms in total. The van der Waals surface area contributed by atoms with E-state index in [-0.39, 0.29) is 30.9 Å². The minimum atomic E-state index is -0.833. The van der Waals surface area contributed by atoms with Gasteiger partial charge in [-0.15, -0.1) is 11.3 Å². The molecule has 276 valence electrons. The van der Waals surface area contributed by atoms with Crippen molar-refractivity contribution in [2.75, 3.05) is 36.6 Å². The molecule has 0 fully saturated rings. The number of anilines is 3. The summed E-state index contributed by atoms with van der Waals surface area (Å²) in [6.07, 6.45) is 2.78. The van der Waals surface area contributed by atoms with E-state index < -0.39 is 18.1 Å². The molecular formula is C39H43N7O6S. The van der Waals surface area contributed by atoms with Crippen LogP contribution >= 0.6 is 11.3 Å². The van der Waals surface area contributed by atoms with E-state index in [1.165, 1.54) is 11.3 Å². The zero-order valence-corrected chi connectivity index (χ0v) is 31.1. The Balaban J connectivity index is 0.00000129. The Bertz CT molecular complexity index is 2120.